The van der Waals surface area contributed by atoms with Gasteiger partial charge in [0.05, 0.1) is 5.52 Å². The van der Waals surface area contributed by atoms with Crippen molar-refractivity contribution in [2.45, 2.75) is 13.1 Å². The average molecular weight is 283 g/mol. The summed E-state index contributed by atoms with van der Waals surface area (Å²) in [6.45, 7) is 1.62. The van der Waals surface area contributed by atoms with Crippen LogP contribution in [0.3, 0.4) is 0 Å². The van der Waals surface area contributed by atoms with Gasteiger partial charge in [0.15, 0.2) is 0 Å². The van der Waals surface area contributed by atoms with Crippen molar-refractivity contribution < 1.29 is 0 Å². The third-order valence-corrected chi connectivity index (χ3v) is 3.51. The van der Waals surface area contributed by atoms with Gasteiger partial charge in [0.2, 0.25) is 0 Å². The second kappa shape index (κ2) is 6.04. The maximum absolute atomic E-state index is 5.98. The average Bonchev–Trinajstić information content (AvgIpc) is 2.48. The molecular weight excluding hydrogens is 268 g/mol. The summed E-state index contributed by atoms with van der Waals surface area (Å²) in [4.78, 5) is 4.37. The summed E-state index contributed by atoms with van der Waals surface area (Å²) < 4.78 is 0. The molecule has 2 nitrogen and oxygen atoms in total. The zero-order valence-corrected chi connectivity index (χ0v) is 11.8. The number of aromatic nitrogens is 1. The first-order valence-corrected chi connectivity index (χ1v) is 6.98. The molecule has 0 aliphatic rings. The normalized spacial score (nSPS) is 10.8. The Morgan fingerprint density at radius 3 is 2.75 bits per heavy atom. The second-order valence-electron chi connectivity index (χ2n) is 4.72. The monoisotopic (exact) mass is 282 g/mol. The van der Waals surface area contributed by atoms with Crippen LogP contribution in [0.4, 0.5) is 0 Å². The molecule has 3 rings (SSSR count). The minimum Gasteiger partial charge on any atom is -0.309 e. The number of para-hydroxylation sites is 1. The SMILES string of the molecule is Clc1cccc(CNCc2ccnc3ccccc23)c1. The molecule has 0 spiro atoms. The van der Waals surface area contributed by atoms with Gasteiger partial charge in [0.1, 0.15) is 0 Å². The highest BCUT2D eigenvalue weighted by Crippen LogP contribution is 2.16. The van der Waals surface area contributed by atoms with Crippen LogP contribution in [0.15, 0.2) is 60.8 Å². The van der Waals surface area contributed by atoms with Crippen molar-refractivity contribution in [1.82, 2.24) is 10.3 Å². The van der Waals surface area contributed by atoms with Crippen molar-refractivity contribution in [2.75, 3.05) is 0 Å². The van der Waals surface area contributed by atoms with Crippen LogP contribution in [0.2, 0.25) is 5.02 Å². The van der Waals surface area contributed by atoms with E-state index in [1.807, 2.05) is 42.6 Å². The molecule has 0 saturated carbocycles. The van der Waals surface area contributed by atoms with Gasteiger partial charge < -0.3 is 5.32 Å². The van der Waals surface area contributed by atoms with Crippen LogP contribution in [0, 0.1) is 0 Å². The molecule has 2 aromatic carbocycles. The van der Waals surface area contributed by atoms with Crippen molar-refractivity contribution in [1.29, 1.82) is 0 Å². The Hall–Kier alpha value is -1.90. The lowest BCUT2D eigenvalue weighted by Crippen LogP contribution is -2.13. The first-order chi connectivity index (χ1) is 9.83. The van der Waals surface area contributed by atoms with E-state index in [2.05, 4.69) is 28.5 Å². The summed E-state index contributed by atoms with van der Waals surface area (Å²) >= 11 is 5.98. The van der Waals surface area contributed by atoms with Crippen molar-refractivity contribution in [2.24, 2.45) is 0 Å². The van der Waals surface area contributed by atoms with E-state index in [0.717, 1.165) is 23.6 Å². The Morgan fingerprint density at radius 2 is 1.85 bits per heavy atom. The number of halogens is 1. The predicted octanol–water partition coefficient (Wildman–Crippen LogP) is 4.18. The minimum absolute atomic E-state index is 0.777. The van der Waals surface area contributed by atoms with Crippen LogP contribution in [-0.2, 0) is 13.1 Å². The largest absolute Gasteiger partial charge is 0.309 e. The summed E-state index contributed by atoms with van der Waals surface area (Å²) in [6, 6.07) is 18.2. The fourth-order valence-corrected chi connectivity index (χ4v) is 2.51. The van der Waals surface area contributed by atoms with Crippen LogP contribution in [-0.4, -0.2) is 4.98 Å². The predicted molar refractivity (Wildman–Crippen MR) is 83.7 cm³/mol. The molecule has 0 radical (unpaired) electrons. The lowest BCUT2D eigenvalue weighted by atomic mass is 10.1. The van der Waals surface area contributed by atoms with E-state index in [1.54, 1.807) is 0 Å². The molecule has 0 aliphatic heterocycles. The van der Waals surface area contributed by atoms with Crippen molar-refractivity contribution in [3.63, 3.8) is 0 Å². The van der Waals surface area contributed by atoms with E-state index < -0.39 is 0 Å². The van der Waals surface area contributed by atoms with E-state index in [9.17, 15) is 0 Å². The summed E-state index contributed by atoms with van der Waals surface area (Å²) in [5.74, 6) is 0. The molecule has 3 aromatic rings. The van der Waals surface area contributed by atoms with Crippen LogP contribution >= 0.6 is 11.6 Å². The summed E-state index contributed by atoms with van der Waals surface area (Å²) in [5, 5.41) is 5.43. The Kier molecular flexibility index (Phi) is 3.95. The van der Waals surface area contributed by atoms with Crippen LogP contribution in [0.5, 0.6) is 0 Å². The van der Waals surface area contributed by atoms with E-state index in [0.29, 0.717) is 0 Å². The zero-order valence-electron chi connectivity index (χ0n) is 11.0. The molecule has 0 bridgehead atoms. The molecule has 3 heteroatoms. The molecule has 1 aromatic heterocycles. The molecule has 0 saturated heterocycles. The third kappa shape index (κ3) is 2.98. The first kappa shape index (κ1) is 13.1. The maximum atomic E-state index is 5.98. The number of pyridine rings is 1. The van der Waals surface area contributed by atoms with Gasteiger partial charge in [-0.1, -0.05) is 41.9 Å². The van der Waals surface area contributed by atoms with Crippen LogP contribution in [0.1, 0.15) is 11.1 Å². The van der Waals surface area contributed by atoms with E-state index in [-0.39, 0.29) is 0 Å². The number of rotatable bonds is 4. The Balaban J connectivity index is 1.71. The number of nitrogens with zero attached hydrogens (tertiary/aromatic N) is 1. The highest BCUT2D eigenvalue weighted by atomic mass is 35.5. The molecule has 0 aliphatic carbocycles. The maximum Gasteiger partial charge on any atom is 0.0705 e. The summed E-state index contributed by atoms with van der Waals surface area (Å²) in [7, 11) is 0. The standard InChI is InChI=1S/C17H15ClN2/c18-15-5-3-4-13(10-15)11-19-12-14-8-9-20-17-7-2-1-6-16(14)17/h1-10,19H,11-12H2. The van der Waals surface area contributed by atoms with E-state index in [1.165, 1.54) is 16.5 Å². The lowest BCUT2D eigenvalue weighted by Gasteiger charge is -2.08. The first-order valence-electron chi connectivity index (χ1n) is 6.61. The second-order valence-corrected chi connectivity index (χ2v) is 5.16. The van der Waals surface area contributed by atoms with Gasteiger partial charge in [-0.15, -0.1) is 0 Å². The molecular formula is C17H15ClN2. The molecule has 100 valence electrons. The van der Waals surface area contributed by atoms with E-state index >= 15 is 0 Å². The lowest BCUT2D eigenvalue weighted by molar-refractivity contribution is 0.696. The molecule has 1 N–H and O–H groups in total. The molecule has 0 atom stereocenters. The molecule has 0 fully saturated rings. The smallest absolute Gasteiger partial charge is 0.0705 e. The number of hydrogen-bond acceptors (Lipinski definition) is 2. The Labute approximate surface area is 123 Å². The third-order valence-electron chi connectivity index (χ3n) is 3.27. The highest BCUT2D eigenvalue weighted by molar-refractivity contribution is 6.30. The van der Waals surface area contributed by atoms with Gasteiger partial charge in [-0.3, -0.25) is 4.98 Å². The Bertz CT molecular complexity index is 720. The fraction of sp³-hybridized carbons (Fsp3) is 0.118. The Morgan fingerprint density at radius 1 is 0.950 bits per heavy atom. The van der Waals surface area contributed by atoms with Crippen molar-refractivity contribution >= 4 is 22.5 Å². The topological polar surface area (TPSA) is 24.9 Å². The molecule has 1 heterocycles. The van der Waals surface area contributed by atoms with Crippen molar-refractivity contribution in [3.05, 3.63) is 76.9 Å². The summed E-state index contributed by atoms with van der Waals surface area (Å²) in [5.41, 5.74) is 3.49. The number of fused-ring (bicyclic) bond motifs is 1. The highest BCUT2D eigenvalue weighted by Gasteiger charge is 2.01. The van der Waals surface area contributed by atoms with Gasteiger partial charge in [-0.25, -0.2) is 0 Å². The fourth-order valence-electron chi connectivity index (χ4n) is 2.30. The minimum atomic E-state index is 0.777. The van der Waals surface area contributed by atoms with Gasteiger partial charge >= 0.3 is 0 Å². The molecule has 20 heavy (non-hydrogen) atoms. The van der Waals surface area contributed by atoms with Gasteiger partial charge in [-0.05, 0) is 35.4 Å². The molecule has 0 amide bonds. The van der Waals surface area contributed by atoms with Gasteiger partial charge in [0, 0.05) is 29.7 Å². The number of hydrogen-bond donors (Lipinski definition) is 1. The quantitative estimate of drug-likeness (QED) is 0.776. The van der Waals surface area contributed by atoms with Gasteiger partial charge in [0.25, 0.3) is 0 Å². The zero-order chi connectivity index (χ0) is 13.8. The van der Waals surface area contributed by atoms with Crippen molar-refractivity contribution in [3.8, 4) is 0 Å². The number of nitrogens with one attached hydrogen (secondary N) is 1. The van der Waals surface area contributed by atoms with Crippen LogP contribution in [0.25, 0.3) is 10.9 Å². The molecule has 0 unspecified atom stereocenters. The summed E-state index contributed by atoms with van der Waals surface area (Å²) in [6.07, 6.45) is 1.86. The van der Waals surface area contributed by atoms with E-state index in [4.69, 9.17) is 11.6 Å². The van der Waals surface area contributed by atoms with Crippen LogP contribution < -0.4 is 5.32 Å². The number of benzene rings is 2. The van der Waals surface area contributed by atoms with Gasteiger partial charge in [-0.2, -0.15) is 0 Å².